The van der Waals surface area contributed by atoms with Crippen LogP contribution < -0.4 is 10.2 Å². The number of thiophene rings is 1. The smallest absolute Gasteiger partial charge is 0.291 e. The molecule has 146 valence electrons. The molecule has 1 saturated heterocycles. The zero-order chi connectivity index (χ0) is 19.5. The fourth-order valence-electron chi connectivity index (χ4n) is 3.73. The molecule has 0 radical (unpaired) electrons. The highest BCUT2D eigenvalue weighted by Gasteiger charge is 2.34. The normalized spacial score (nSPS) is 16.1. The molecule has 4 heterocycles. The molecule has 1 fully saturated rings. The SMILES string of the molecule is Cc1sc(NC(=O)c2ccco2)c(C(c2cccnc2)[NH+]2CCOCC2)c1C. The third-order valence-electron chi connectivity index (χ3n) is 5.25. The number of pyridine rings is 1. The van der Waals surface area contributed by atoms with Gasteiger partial charge in [0.25, 0.3) is 5.91 Å². The topological polar surface area (TPSA) is 68.8 Å². The first-order valence-corrected chi connectivity index (χ1v) is 10.2. The maximum absolute atomic E-state index is 12.6. The van der Waals surface area contributed by atoms with E-state index in [-0.39, 0.29) is 11.9 Å². The van der Waals surface area contributed by atoms with Gasteiger partial charge in [0, 0.05) is 22.8 Å². The lowest BCUT2D eigenvalue weighted by atomic mass is 9.95. The summed E-state index contributed by atoms with van der Waals surface area (Å²) in [6, 6.07) is 7.57. The minimum absolute atomic E-state index is 0.0921. The Hall–Kier alpha value is -2.48. The minimum atomic E-state index is -0.227. The number of carbonyl (C=O) groups excluding carboxylic acids is 1. The quantitative estimate of drug-likeness (QED) is 0.693. The highest BCUT2D eigenvalue weighted by atomic mass is 32.1. The van der Waals surface area contributed by atoms with E-state index in [1.807, 2.05) is 12.3 Å². The fourth-order valence-corrected chi connectivity index (χ4v) is 4.83. The number of hydrogen-bond acceptors (Lipinski definition) is 5. The zero-order valence-electron chi connectivity index (χ0n) is 16.0. The first-order valence-electron chi connectivity index (χ1n) is 9.42. The summed E-state index contributed by atoms with van der Waals surface area (Å²) in [4.78, 5) is 19.6. The highest BCUT2D eigenvalue weighted by molar-refractivity contribution is 7.16. The lowest BCUT2D eigenvalue weighted by molar-refractivity contribution is -0.933. The molecule has 7 heteroatoms. The Bertz CT molecular complexity index is 931. The van der Waals surface area contributed by atoms with Crippen molar-refractivity contribution in [1.29, 1.82) is 0 Å². The summed E-state index contributed by atoms with van der Waals surface area (Å²) in [7, 11) is 0. The van der Waals surface area contributed by atoms with Crippen molar-refractivity contribution in [2.75, 3.05) is 31.6 Å². The van der Waals surface area contributed by atoms with Crippen LogP contribution in [-0.2, 0) is 4.74 Å². The predicted molar refractivity (Wildman–Crippen MR) is 108 cm³/mol. The third kappa shape index (κ3) is 3.73. The molecule has 0 aromatic carbocycles. The predicted octanol–water partition coefficient (Wildman–Crippen LogP) is 2.61. The highest BCUT2D eigenvalue weighted by Crippen LogP contribution is 2.38. The second-order valence-electron chi connectivity index (χ2n) is 6.95. The average molecular weight is 399 g/mol. The van der Waals surface area contributed by atoms with Crippen molar-refractivity contribution < 1.29 is 18.8 Å². The monoisotopic (exact) mass is 398 g/mol. The van der Waals surface area contributed by atoms with E-state index in [1.165, 1.54) is 21.6 Å². The van der Waals surface area contributed by atoms with Gasteiger partial charge in [-0.2, -0.15) is 0 Å². The number of carbonyl (C=O) groups is 1. The molecule has 0 aliphatic carbocycles. The third-order valence-corrected chi connectivity index (χ3v) is 6.39. The molecule has 0 spiro atoms. The van der Waals surface area contributed by atoms with Crippen molar-refractivity contribution >= 4 is 22.2 Å². The van der Waals surface area contributed by atoms with E-state index >= 15 is 0 Å². The Morgan fingerprint density at radius 3 is 2.75 bits per heavy atom. The van der Waals surface area contributed by atoms with Gasteiger partial charge in [-0.3, -0.25) is 9.78 Å². The Morgan fingerprint density at radius 1 is 1.25 bits per heavy atom. The molecule has 0 bridgehead atoms. The number of hydrogen-bond donors (Lipinski definition) is 2. The van der Waals surface area contributed by atoms with Crippen molar-refractivity contribution in [2.24, 2.45) is 0 Å². The van der Waals surface area contributed by atoms with Crippen molar-refractivity contribution in [2.45, 2.75) is 19.9 Å². The van der Waals surface area contributed by atoms with E-state index in [1.54, 1.807) is 29.7 Å². The standard InChI is InChI=1S/C21H23N3O3S/c1-14-15(2)28-21(23-20(25)17-6-4-10-27-17)18(14)19(16-5-3-7-22-13-16)24-8-11-26-12-9-24/h3-7,10,13,19H,8-9,11-12H2,1-2H3,(H,23,25)/p+1. The minimum Gasteiger partial charge on any atom is -0.459 e. The van der Waals surface area contributed by atoms with Gasteiger partial charge >= 0.3 is 0 Å². The van der Waals surface area contributed by atoms with Gasteiger partial charge in [0.15, 0.2) is 5.76 Å². The molecule has 1 unspecified atom stereocenters. The maximum Gasteiger partial charge on any atom is 0.291 e. The van der Waals surface area contributed by atoms with E-state index in [0.717, 1.165) is 42.4 Å². The van der Waals surface area contributed by atoms with E-state index < -0.39 is 0 Å². The van der Waals surface area contributed by atoms with Crippen LogP contribution in [0.3, 0.4) is 0 Å². The van der Waals surface area contributed by atoms with Crippen LogP contribution in [0.2, 0.25) is 0 Å². The number of aryl methyl sites for hydroxylation is 1. The van der Waals surface area contributed by atoms with E-state index in [2.05, 4.69) is 30.2 Å². The molecule has 2 N–H and O–H groups in total. The number of anilines is 1. The zero-order valence-corrected chi connectivity index (χ0v) is 16.8. The summed E-state index contributed by atoms with van der Waals surface area (Å²) in [5.74, 6) is 0.0840. The Morgan fingerprint density at radius 2 is 2.07 bits per heavy atom. The van der Waals surface area contributed by atoms with Gasteiger partial charge in [-0.15, -0.1) is 11.3 Å². The van der Waals surface area contributed by atoms with Crippen molar-refractivity contribution in [3.63, 3.8) is 0 Å². The molecule has 28 heavy (non-hydrogen) atoms. The molecule has 4 rings (SSSR count). The van der Waals surface area contributed by atoms with E-state index in [9.17, 15) is 4.79 Å². The van der Waals surface area contributed by atoms with Crippen LogP contribution in [-0.4, -0.2) is 37.2 Å². The van der Waals surface area contributed by atoms with Crippen molar-refractivity contribution in [3.05, 3.63) is 70.3 Å². The van der Waals surface area contributed by atoms with Crippen LogP contribution >= 0.6 is 11.3 Å². The number of amides is 1. The van der Waals surface area contributed by atoms with E-state index in [4.69, 9.17) is 9.15 Å². The van der Waals surface area contributed by atoms with Crippen LogP contribution in [0, 0.1) is 13.8 Å². The van der Waals surface area contributed by atoms with Gasteiger partial charge < -0.3 is 19.4 Å². The molecule has 1 aliphatic heterocycles. The summed E-state index contributed by atoms with van der Waals surface area (Å²) in [5.41, 5.74) is 3.52. The van der Waals surface area contributed by atoms with Gasteiger partial charge in [0.2, 0.25) is 0 Å². The summed E-state index contributed by atoms with van der Waals surface area (Å²) in [6.45, 7) is 7.54. The molecule has 0 saturated carbocycles. The number of ether oxygens (including phenoxy) is 1. The van der Waals surface area contributed by atoms with E-state index in [0.29, 0.717) is 5.76 Å². The molecular formula is C21H24N3O3S+. The molecule has 1 aliphatic rings. The molecule has 1 amide bonds. The summed E-state index contributed by atoms with van der Waals surface area (Å²) >= 11 is 1.61. The number of furan rings is 1. The van der Waals surface area contributed by atoms with Gasteiger partial charge in [-0.25, -0.2) is 0 Å². The van der Waals surface area contributed by atoms with Gasteiger partial charge in [-0.05, 0) is 43.7 Å². The second-order valence-corrected chi connectivity index (χ2v) is 8.17. The van der Waals surface area contributed by atoms with Crippen LogP contribution in [0.5, 0.6) is 0 Å². The lowest BCUT2D eigenvalue weighted by Crippen LogP contribution is -3.14. The number of aromatic nitrogens is 1. The van der Waals surface area contributed by atoms with Gasteiger partial charge in [0.1, 0.15) is 24.1 Å². The van der Waals surface area contributed by atoms with Crippen LogP contribution in [0.25, 0.3) is 0 Å². The maximum atomic E-state index is 12.6. The van der Waals surface area contributed by atoms with Gasteiger partial charge in [0.05, 0.1) is 25.0 Å². The molecule has 3 aromatic rings. The number of nitrogens with zero attached hydrogens (tertiary/aromatic N) is 1. The average Bonchev–Trinajstić information content (AvgIpc) is 3.35. The van der Waals surface area contributed by atoms with Crippen LogP contribution in [0.1, 0.15) is 38.2 Å². The molecule has 1 atom stereocenters. The molecular weight excluding hydrogens is 374 g/mol. The van der Waals surface area contributed by atoms with Crippen molar-refractivity contribution in [1.82, 2.24) is 4.98 Å². The Balaban J connectivity index is 1.76. The number of nitrogens with one attached hydrogen (secondary N) is 2. The number of rotatable bonds is 5. The summed E-state index contributed by atoms with van der Waals surface area (Å²) in [6.07, 6.45) is 5.23. The molecule has 3 aromatic heterocycles. The number of quaternary nitrogens is 1. The first kappa shape index (κ1) is 18.9. The lowest BCUT2D eigenvalue weighted by Gasteiger charge is -2.32. The Labute approximate surface area is 168 Å². The first-order chi connectivity index (χ1) is 13.6. The Kier molecular flexibility index (Phi) is 5.57. The fraction of sp³-hybridized carbons (Fsp3) is 0.333. The summed E-state index contributed by atoms with van der Waals surface area (Å²) < 4.78 is 10.9. The largest absolute Gasteiger partial charge is 0.459 e. The molecule has 6 nitrogen and oxygen atoms in total. The van der Waals surface area contributed by atoms with Gasteiger partial charge in [-0.1, -0.05) is 0 Å². The second kappa shape index (κ2) is 8.26. The number of morpholine rings is 1. The van der Waals surface area contributed by atoms with Crippen LogP contribution in [0.4, 0.5) is 5.00 Å². The van der Waals surface area contributed by atoms with Crippen LogP contribution in [0.15, 0.2) is 47.3 Å². The van der Waals surface area contributed by atoms with Crippen molar-refractivity contribution in [3.8, 4) is 0 Å². The summed E-state index contributed by atoms with van der Waals surface area (Å²) in [5, 5.41) is 3.96.